The largest absolute Gasteiger partial charge is 0.493 e. The van der Waals surface area contributed by atoms with Gasteiger partial charge in [0.2, 0.25) is 0 Å². The number of aromatic amines is 1. The molecular formula is C19H16BrN3O2. The van der Waals surface area contributed by atoms with Crippen molar-refractivity contribution in [3.05, 3.63) is 51.8 Å². The molecule has 0 amide bonds. The standard InChI is InChI=1S/C19H16BrN3O2/c1-11-4-5-15-16(6-11)23-19(22-15)13(10-21)7-12-8-17(24-2)18(25-3)9-14(12)20/h4-9H,1-3H3,(H,22,23). The number of nitriles is 1. The number of H-pyrrole nitrogens is 1. The van der Waals surface area contributed by atoms with Gasteiger partial charge in [0.05, 0.1) is 30.8 Å². The van der Waals surface area contributed by atoms with Crippen LogP contribution in [0.15, 0.2) is 34.8 Å². The summed E-state index contributed by atoms with van der Waals surface area (Å²) in [6.07, 6.45) is 1.76. The van der Waals surface area contributed by atoms with Crippen LogP contribution >= 0.6 is 15.9 Å². The second-order valence-corrected chi connectivity index (χ2v) is 6.36. The van der Waals surface area contributed by atoms with Crippen molar-refractivity contribution >= 4 is 38.6 Å². The predicted octanol–water partition coefficient (Wildman–Crippen LogP) is 4.72. The number of hydrogen-bond donors (Lipinski definition) is 1. The minimum absolute atomic E-state index is 0.432. The van der Waals surface area contributed by atoms with E-state index >= 15 is 0 Å². The Bertz CT molecular complexity index is 1020. The van der Waals surface area contributed by atoms with Crippen molar-refractivity contribution in [2.45, 2.75) is 6.92 Å². The molecule has 1 aromatic heterocycles. The Morgan fingerprint density at radius 2 is 1.92 bits per heavy atom. The normalized spacial score (nSPS) is 11.4. The van der Waals surface area contributed by atoms with E-state index in [0.717, 1.165) is 26.6 Å². The van der Waals surface area contributed by atoms with Gasteiger partial charge in [-0.1, -0.05) is 22.0 Å². The minimum Gasteiger partial charge on any atom is -0.493 e. The topological polar surface area (TPSA) is 70.9 Å². The summed E-state index contributed by atoms with van der Waals surface area (Å²) in [4.78, 5) is 7.71. The van der Waals surface area contributed by atoms with Gasteiger partial charge >= 0.3 is 0 Å². The number of aryl methyl sites for hydroxylation is 1. The Morgan fingerprint density at radius 3 is 2.60 bits per heavy atom. The molecule has 2 aromatic carbocycles. The van der Waals surface area contributed by atoms with Crippen LogP contribution < -0.4 is 9.47 Å². The zero-order valence-electron chi connectivity index (χ0n) is 14.1. The van der Waals surface area contributed by atoms with Gasteiger partial charge < -0.3 is 14.5 Å². The molecule has 0 saturated carbocycles. The van der Waals surface area contributed by atoms with E-state index in [1.807, 2.05) is 37.3 Å². The zero-order chi connectivity index (χ0) is 18.0. The molecule has 0 bridgehead atoms. The second-order valence-electron chi connectivity index (χ2n) is 5.50. The van der Waals surface area contributed by atoms with Crippen molar-refractivity contribution in [3.8, 4) is 17.6 Å². The van der Waals surface area contributed by atoms with Gasteiger partial charge in [-0.05, 0) is 48.4 Å². The van der Waals surface area contributed by atoms with Gasteiger partial charge in [-0.2, -0.15) is 5.26 Å². The fourth-order valence-corrected chi connectivity index (χ4v) is 2.98. The molecule has 1 heterocycles. The van der Waals surface area contributed by atoms with Crippen LogP contribution in [-0.4, -0.2) is 24.2 Å². The third kappa shape index (κ3) is 3.37. The molecule has 0 atom stereocenters. The number of imidazole rings is 1. The number of benzene rings is 2. The van der Waals surface area contributed by atoms with Crippen LogP contribution in [0.2, 0.25) is 0 Å². The number of aromatic nitrogens is 2. The Kier molecular flexibility index (Phi) is 4.77. The second kappa shape index (κ2) is 6.99. The van der Waals surface area contributed by atoms with Gasteiger partial charge in [-0.15, -0.1) is 0 Å². The first-order chi connectivity index (χ1) is 12.0. The summed E-state index contributed by atoms with van der Waals surface area (Å²) in [7, 11) is 3.16. The molecule has 0 radical (unpaired) electrons. The number of ether oxygens (including phenoxy) is 2. The van der Waals surface area contributed by atoms with E-state index in [4.69, 9.17) is 9.47 Å². The molecule has 0 aliphatic heterocycles. The fraction of sp³-hybridized carbons (Fsp3) is 0.158. The molecule has 25 heavy (non-hydrogen) atoms. The Balaban J connectivity index is 2.09. The maximum Gasteiger partial charge on any atom is 0.161 e. The van der Waals surface area contributed by atoms with Crippen LogP contribution in [-0.2, 0) is 0 Å². The van der Waals surface area contributed by atoms with Crippen molar-refractivity contribution in [2.24, 2.45) is 0 Å². The summed E-state index contributed by atoms with van der Waals surface area (Å²) in [6.45, 7) is 2.02. The van der Waals surface area contributed by atoms with Crippen molar-refractivity contribution in [2.75, 3.05) is 14.2 Å². The molecule has 0 aliphatic carbocycles. The number of fused-ring (bicyclic) bond motifs is 1. The third-order valence-electron chi connectivity index (χ3n) is 3.82. The molecule has 6 heteroatoms. The van der Waals surface area contributed by atoms with E-state index in [9.17, 15) is 5.26 Å². The highest BCUT2D eigenvalue weighted by Crippen LogP contribution is 2.35. The summed E-state index contributed by atoms with van der Waals surface area (Å²) in [6, 6.07) is 11.8. The number of halogens is 1. The lowest BCUT2D eigenvalue weighted by atomic mass is 10.1. The number of methoxy groups -OCH3 is 2. The van der Waals surface area contributed by atoms with Gasteiger partial charge in [0.25, 0.3) is 0 Å². The SMILES string of the molecule is COc1cc(Br)c(C=C(C#N)c2nc3ccc(C)cc3[nH]2)cc1OC. The Hall–Kier alpha value is -2.78. The molecular weight excluding hydrogens is 382 g/mol. The van der Waals surface area contributed by atoms with Crippen LogP contribution in [0.5, 0.6) is 11.5 Å². The summed E-state index contributed by atoms with van der Waals surface area (Å²) in [5.74, 6) is 1.74. The summed E-state index contributed by atoms with van der Waals surface area (Å²) in [5, 5.41) is 9.59. The van der Waals surface area contributed by atoms with Gasteiger partial charge in [0, 0.05) is 4.47 Å². The number of rotatable bonds is 4. The molecule has 0 aliphatic rings. The first kappa shape index (κ1) is 17.1. The van der Waals surface area contributed by atoms with Gasteiger partial charge in [0.15, 0.2) is 11.5 Å². The molecule has 0 saturated heterocycles. The average Bonchev–Trinajstić information content (AvgIpc) is 3.03. The van der Waals surface area contributed by atoms with Crippen molar-refractivity contribution < 1.29 is 9.47 Å². The fourth-order valence-electron chi connectivity index (χ4n) is 2.54. The Labute approximate surface area is 154 Å². The number of nitrogens with one attached hydrogen (secondary N) is 1. The molecule has 0 unspecified atom stereocenters. The molecule has 1 N–H and O–H groups in total. The maximum atomic E-state index is 9.59. The summed E-state index contributed by atoms with van der Waals surface area (Å²) in [5.41, 5.74) is 4.09. The quantitative estimate of drug-likeness (QED) is 0.646. The highest BCUT2D eigenvalue weighted by molar-refractivity contribution is 9.10. The average molecular weight is 398 g/mol. The van der Waals surface area contributed by atoms with E-state index in [1.165, 1.54) is 0 Å². The maximum absolute atomic E-state index is 9.59. The number of allylic oxidation sites excluding steroid dienone is 1. The van der Waals surface area contributed by atoms with E-state index in [2.05, 4.69) is 32.0 Å². The van der Waals surface area contributed by atoms with Crippen LogP contribution in [0.1, 0.15) is 17.0 Å². The van der Waals surface area contributed by atoms with Gasteiger partial charge in [-0.3, -0.25) is 0 Å². The summed E-state index contributed by atoms with van der Waals surface area (Å²) >= 11 is 3.51. The van der Waals surface area contributed by atoms with Crippen LogP contribution in [0.4, 0.5) is 0 Å². The zero-order valence-corrected chi connectivity index (χ0v) is 15.6. The molecule has 0 fully saturated rings. The number of hydrogen-bond acceptors (Lipinski definition) is 4. The lowest BCUT2D eigenvalue weighted by Crippen LogP contribution is -1.92. The molecule has 3 rings (SSSR count). The van der Waals surface area contributed by atoms with Crippen LogP contribution in [0.25, 0.3) is 22.7 Å². The highest BCUT2D eigenvalue weighted by Gasteiger charge is 2.12. The van der Waals surface area contributed by atoms with Crippen LogP contribution in [0.3, 0.4) is 0 Å². The third-order valence-corrected chi connectivity index (χ3v) is 4.50. The first-order valence-electron chi connectivity index (χ1n) is 7.55. The molecule has 5 nitrogen and oxygen atoms in total. The van der Waals surface area contributed by atoms with Crippen molar-refractivity contribution in [3.63, 3.8) is 0 Å². The minimum atomic E-state index is 0.432. The molecule has 126 valence electrons. The number of nitrogens with zero attached hydrogens (tertiary/aromatic N) is 2. The molecule has 0 spiro atoms. The lowest BCUT2D eigenvalue weighted by Gasteiger charge is -2.10. The lowest BCUT2D eigenvalue weighted by molar-refractivity contribution is 0.354. The van der Waals surface area contributed by atoms with E-state index in [0.29, 0.717) is 22.9 Å². The van der Waals surface area contributed by atoms with E-state index < -0.39 is 0 Å². The predicted molar refractivity (Wildman–Crippen MR) is 102 cm³/mol. The Morgan fingerprint density at radius 1 is 1.20 bits per heavy atom. The van der Waals surface area contributed by atoms with Gasteiger partial charge in [-0.25, -0.2) is 4.98 Å². The highest BCUT2D eigenvalue weighted by atomic mass is 79.9. The van der Waals surface area contributed by atoms with Crippen molar-refractivity contribution in [1.82, 2.24) is 9.97 Å². The smallest absolute Gasteiger partial charge is 0.161 e. The van der Waals surface area contributed by atoms with Crippen LogP contribution in [0, 0.1) is 18.3 Å². The first-order valence-corrected chi connectivity index (χ1v) is 8.35. The summed E-state index contributed by atoms with van der Waals surface area (Å²) < 4.78 is 11.4. The van der Waals surface area contributed by atoms with Gasteiger partial charge in [0.1, 0.15) is 11.9 Å². The van der Waals surface area contributed by atoms with Crippen molar-refractivity contribution in [1.29, 1.82) is 5.26 Å². The van der Waals surface area contributed by atoms with E-state index in [-0.39, 0.29) is 0 Å². The van der Waals surface area contributed by atoms with E-state index in [1.54, 1.807) is 20.3 Å². The monoisotopic (exact) mass is 397 g/mol. The molecule has 3 aromatic rings.